The number of fused-ring (bicyclic) bond motifs is 9. The summed E-state index contributed by atoms with van der Waals surface area (Å²) in [5.41, 5.74) is 14.3. The number of nitrogens with zero attached hydrogens (tertiary/aromatic N) is 3. The van der Waals surface area contributed by atoms with Crippen molar-refractivity contribution in [2.45, 2.75) is 0 Å². The minimum atomic E-state index is 0.612. The summed E-state index contributed by atoms with van der Waals surface area (Å²) in [5.74, 6) is 0.612. The minimum Gasteiger partial charge on any atom is -0.455 e. The summed E-state index contributed by atoms with van der Waals surface area (Å²) in [6.07, 6.45) is 0. The van der Waals surface area contributed by atoms with Crippen LogP contribution >= 0.6 is 0 Å². The average molecular weight is 730 g/mol. The molecule has 4 aromatic heterocycles. The van der Waals surface area contributed by atoms with E-state index in [2.05, 4.69) is 150 Å². The Hall–Kier alpha value is -7.76. The lowest BCUT2D eigenvalue weighted by Crippen LogP contribution is -1.94. The molecule has 0 aliphatic carbocycles. The van der Waals surface area contributed by atoms with Crippen molar-refractivity contribution in [3.63, 3.8) is 0 Å². The lowest BCUT2D eigenvalue weighted by molar-refractivity contribution is 0.667. The van der Waals surface area contributed by atoms with E-state index in [9.17, 15) is 0 Å². The highest BCUT2D eigenvalue weighted by Crippen LogP contribution is 2.45. The zero-order chi connectivity index (χ0) is 37.5. The Morgan fingerprint density at radius 1 is 0.386 bits per heavy atom. The summed E-state index contributed by atoms with van der Waals surface area (Å²) in [7, 11) is 0. The van der Waals surface area contributed by atoms with Crippen molar-refractivity contribution >= 4 is 65.8 Å². The summed E-state index contributed by atoms with van der Waals surface area (Å²) < 4.78 is 15.8. The molecule has 0 unspecified atom stereocenters. The van der Waals surface area contributed by atoms with E-state index in [0.29, 0.717) is 11.4 Å². The van der Waals surface area contributed by atoms with Crippen LogP contribution in [0.3, 0.4) is 0 Å². The van der Waals surface area contributed by atoms with E-state index in [1.165, 1.54) is 10.8 Å². The smallest absolute Gasteiger partial charge is 0.180 e. The van der Waals surface area contributed by atoms with Gasteiger partial charge in [0.25, 0.3) is 0 Å². The van der Waals surface area contributed by atoms with Gasteiger partial charge in [-0.2, -0.15) is 0 Å². The monoisotopic (exact) mass is 729 g/mol. The minimum absolute atomic E-state index is 0.612. The van der Waals surface area contributed by atoms with E-state index in [1.807, 2.05) is 42.5 Å². The summed E-state index contributed by atoms with van der Waals surface area (Å²) >= 11 is 0. The van der Waals surface area contributed by atoms with Gasteiger partial charge in [-0.1, -0.05) is 146 Å². The number of hydrogen-bond donors (Lipinski definition) is 0. The van der Waals surface area contributed by atoms with Gasteiger partial charge in [0.2, 0.25) is 0 Å². The van der Waals surface area contributed by atoms with Gasteiger partial charge >= 0.3 is 0 Å². The molecular weight excluding hydrogens is 699 g/mol. The third-order valence-corrected chi connectivity index (χ3v) is 11.2. The largest absolute Gasteiger partial charge is 0.455 e. The van der Waals surface area contributed by atoms with Gasteiger partial charge in [-0.25, -0.2) is 9.97 Å². The lowest BCUT2D eigenvalue weighted by atomic mass is 9.96. The van der Waals surface area contributed by atoms with Crippen LogP contribution in [-0.4, -0.2) is 14.5 Å². The predicted molar refractivity (Wildman–Crippen MR) is 233 cm³/mol. The molecule has 266 valence electrons. The Bertz CT molecular complexity index is 3510. The van der Waals surface area contributed by atoms with Gasteiger partial charge in [0, 0.05) is 49.3 Å². The van der Waals surface area contributed by atoms with Crippen LogP contribution < -0.4 is 0 Å². The topological polar surface area (TPSA) is 57.0 Å². The first kappa shape index (κ1) is 31.6. The van der Waals surface area contributed by atoms with Crippen molar-refractivity contribution in [1.29, 1.82) is 0 Å². The molecule has 0 saturated heterocycles. The van der Waals surface area contributed by atoms with Crippen LogP contribution in [0, 0.1) is 0 Å². The number of aromatic nitrogens is 3. The molecule has 0 N–H and O–H groups in total. The first-order valence-electron chi connectivity index (χ1n) is 19.2. The van der Waals surface area contributed by atoms with Crippen molar-refractivity contribution in [1.82, 2.24) is 14.5 Å². The molecule has 0 amide bonds. The lowest BCUT2D eigenvalue weighted by Gasteiger charge is -2.09. The van der Waals surface area contributed by atoms with Gasteiger partial charge in [0.15, 0.2) is 11.4 Å². The van der Waals surface area contributed by atoms with Crippen LogP contribution in [0.4, 0.5) is 0 Å². The molecule has 4 heterocycles. The number of rotatable bonds is 5. The number of furan rings is 2. The SMILES string of the molecule is c1ccc(-c2ccc3oc4c(-c5ccccc5)nc(-c5cccc6oc7c(-c8cccc9c8c8ccccc8n9-c8ccccc8)cccc7c56)nc4c3c2)cc1. The normalized spacial score (nSPS) is 11.9. The van der Waals surface area contributed by atoms with Gasteiger partial charge in [-0.15, -0.1) is 0 Å². The first-order valence-corrected chi connectivity index (χ1v) is 19.2. The van der Waals surface area contributed by atoms with E-state index in [0.717, 1.165) is 94.2 Å². The van der Waals surface area contributed by atoms with E-state index < -0.39 is 0 Å². The molecule has 0 fully saturated rings. The van der Waals surface area contributed by atoms with Crippen LogP contribution in [0.2, 0.25) is 0 Å². The second kappa shape index (κ2) is 12.4. The maximum absolute atomic E-state index is 6.89. The Kier molecular flexibility index (Phi) is 6.86. The summed E-state index contributed by atoms with van der Waals surface area (Å²) in [5, 5.41) is 5.31. The fourth-order valence-corrected chi connectivity index (χ4v) is 8.71. The van der Waals surface area contributed by atoms with E-state index in [-0.39, 0.29) is 0 Å². The third kappa shape index (κ3) is 4.82. The Balaban J connectivity index is 1.11. The fraction of sp³-hybridized carbons (Fsp3) is 0. The molecule has 0 radical (unpaired) electrons. The second-order valence-corrected chi connectivity index (χ2v) is 14.5. The maximum atomic E-state index is 6.89. The highest BCUT2D eigenvalue weighted by atomic mass is 16.3. The molecule has 5 nitrogen and oxygen atoms in total. The zero-order valence-corrected chi connectivity index (χ0v) is 30.6. The summed E-state index contributed by atoms with van der Waals surface area (Å²) in [4.78, 5) is 10.6. The Morgan fingerprint density at radius 3 is 1.88 bits per heavy atom. The van der Waals surface area contributed by atoms with Crippen molar-refractivity contribution in [3.8, 4) is 50.6 Å². The van der Waals surface area contributed by atoms with Crippen LogP contribution in [0.1, 0.15) is 0 Å². The van der Waals surface area contributed by atoms with Crippen molar-refractivity contribution in [2.75, 3.05) is 0 Å². The number of benzene rings is 8. The van der Waals surface area contributed by atoms with Crippen LogP contribution in [-0.2, 0) is 0 Å². The van der Waals surface area contributed by atoms with Gasteiger partial charge in [-0.3, -0.25) is 0 Å². The molecule has 0 aliphatic rings. The van der Waals surface area contributed by atoms with Gasteiger partial charge in [0.05, 0.1) is 11.0 Å². The van der Waals surface area contributed by atoms with Gasteiger partial charge in [-0.05, 0) is 59.2 Å². The predicted octanol–water partition coefficient (Wildman–Crippen LogP) is 14.0. The van der Waals surface area contributed by atoms with E-state index in [4.69, 9.17) is 18.8 Å². The summed E-state index contributed by atoms with van der Waals surface area (Å²) in [6.45, 7) is 0. The molecule has 0 saturated carbocycles. The van der Waals surface area contributed by atoms with Crippen LogP contribution in [0.25, 0.3) is 116 Å². The van der Waals surface area contributed by atoms with Gasteiger partial charge < -0.3 is 13.4 Å². The van der Waals surface area contributed by atoms with Crippen LogP contribution in [0.5, 0.6) is 0 Å². The molecule has 8 aromatic carbocycles. The van der Waals surface area contributed by atoms with E-state index in [1.54, 1.807) is 0 Å². The zero-order valence-electron chi connectivity index (χ0n) is 30.6. The first-order chi connectivity index (χ1) is 28.3. The number of hydrogen-bond acceptors (Lipinski definition) is 4. The molecule has 0 bridgehead atoms. The molecule has 5 heteroatoms. The van der Waals surface area contributed by atoms with Crippen molar-refractivity contribution in [2.24, 2.45) is 0 Å². The molecule has 12 rings (SSSR count). The van der Waals surface area contributed by atoms with Crippen molar-refractivity contribution in [3.05, 3.63) is 188 Å². The quantitative estimate of drug-likeness (QED) is 0.177. The highest BCUT2D eigenvalue weighted by Gasteiger charge is 2.23. The van der Waals surface area contributed by atoms with Crippen LogP contribution in [0.15, 0.2) is 197 Å². The fourth-order valence-electron chi connectivity index (χ4n) is 8.71. The summed E-state index contributed by atoms with van der Waals surface area (Å²) in [6, 6.07) is 65.4. The molecule has 0 atom stereocenters. The highest BCUT2D eigenvalue weighted by molar-refractivity contribution is 6.21. The molecule has 12 aromatic rings. The second-order valence-electron chi connectivity index (χ2n) is 14.5. The van der Waals surface area contributed by atoms with Gasteiger partial charge in [0.1, 0.15) is 28.0 Å². The number of para-hydroxylation sites is 3. The Labute approximate surface area is 326 Å². The molecule has 0 aliphatic heterocycles. The maximum Gasteiger partial charge on any atom is 0.180 e. The Morgan fingerprint density at radius 2 is 1.04 bits per heavy atom. The standard InChI is InChI=1S/C52H31N3O2/c1-4-15-32(16-5-1)34-29-30-44-41(31-34)49-51(56-44)48(33-17-6-2-7-18-33)53-52(54-49)40-25-14-28-45-47(40)39-24-12-23-37(50(39)57-45)36-22-13-27-43-46(36)38-21-10-11-26-42(38)55(43)35-19-8-3-9-20-35/h1-31H. The van der Waals surface area contributed by atoms with Crippen molar-refractivity contribution < 1.29 is 8.83 Å². The molecular formula is C52H31N3O2. The third-order valence-electron chi connectivity index (χ3n) is 11.2. The van der Waals surface area contributed by atoms with E-state index >= 15 is 0 Å². The molecule has 0 spiro atoms. The average Bonchev–Trinajstić information content (AvgIpc) is 3.96. The molecule has 57 heavy (non-hydrogen) atoms.